The van der Waals surface area contributed by atoms with E-state index in [1.54, 1.807) is 12.0 Å². The van der Waals surface area contributed by atoms with Gasteiger partial charge in [0.25, 0.3) is 0 Å². The first-order chi connectivity index (χ1) is 7.20. The molecule has 2 bridgehead atoms. The van der Waals surface area contributed by atoms with E-state index in [1.807, 2.05) is 0 Å². The van der Waals surface area contributed by atoms with Gasteiger partial charge >= 0.3 is 0 Å². The summed E-state index contributed by atoms with van der Waals surface area (Å²) in [6, 6.07) is 0. The Morgan fingerprint density at radius 1 is 1.47 bits per heavy atom. The molecule has 0 heteroatoms. The van der Waals surface area contributed by atoms with E-state index in [9.17, 15) is 0 Å². The van der Waals surface area contributed by atoms with E-state index in [0.29, 0.717) is 0 Å². The van der Waals surface area contributed by atoms with Crippen molar-refractivity contribution in [3.05, 3.63) is 11.6 Å². The Balaban J connectivity index is 1.80. The molecule has 0 heterocycles. The van der Waals surface area contributed by atoms with E-state index >= 15 is 0 Å². The molecular weight excluding hydrogens is 180 g/mol. The lowest BCUT2D eigenvalue weighted by atomic mass is 9.28. The zero-order valence-corrected chi connectivity index (χ0v) is 10.2. The van der Waals surface area contributed by atoms with Crippen LogP contribution in [-0.4, -0.2) is 0 Å². The van der Waals surface area contributed by atoms with Crippen LogP contribution in [0.25, 0.3) is 0 Å². The van der Waals surface area contributed by atoms with E-state index in [2.05, 4.69) is 26.8 Å². The molecule has 5 aliphatic rings. The molecule has 1 spiro atoms. The van der Waals surface area contributed by atoms with Crippen LogP contribution in [0.2, 0.25) is 0 Å². The van der Waals surface area contributed by atoms with E-state index < -0.39 is 0 Å². The Morgan fingerprint density at radius 2 is 2.27 bits per heavy atom. The van der Waals surface area contributed by atoms with Gasteiger partial charge in [-0.2, -0.15) is 0 Å². The van der Waals surface area contributed by atoms with E-state index in [4.69, 9.17) is 0 Å². The smallest absolute Gasteiger partial charge is 0.0137 e. The second kappa shape index (κ2) is 2.36. The highest BCUT2D eigenvalue weighted by Crippen LogP contribution is 2.85. The summed E-state index contributed by atoms with van der Waals surface area (Å²) in [6.07, 6.45) is 7.10. The number of rotatable bonds is 1. The molecule has 15 heavy (non-hydrogen) atoms. The Kier molecular flexibility index (Phi) is 1.39. The van der Waals surface area contributed by atoms with Crippen molar-refractivity contribution >= 4 is 0 Å². The summed E-state index contributed by atoms with van der Waals surface area (Å²) in [4.78, 5) is 0. The first-order valence-electron chi connectivity index (χ1n) is 6.87. The van der Waals surface area contributed by atoms with E-state index in [0.717, 1.165) is 40.9 Å². The monoisotopic (exact) mass is 202 g/mol. The fraction of sp³-hybridized carbons (Fsp3) is 0.867. The SMILES string of the molecule is CCC1C(C)C2C3CC24C3C=C(C)CC14. The normalized spacial score (nSPS) is 64.1. The topological polar surface area (TPSA) is 0 Å². The predicted octanol–water partition coefficient (Wildman–Crippen LogP) is 3.88. The molecule has 7 unspecified atom stereocenters. The highest BCUT2D eigenvalue weighted by atomic mass is 14.8. The van der Waals surface area contributed by atoms with Crippen LogP contribution in [0.5, 0.6) is 0 Å². The first-order valence-corrected chi connectivity index (χ1v) is 6.87. The minimum Gasteiger partial charge on any atom is -0.0816 e. The summed E-state index contributed by atoms with van der Waals surface area (Å²) < 4.78 is 0. The van der Waals surface area contributed by atoms with Gasteiger partial charge in [0, 0.05) is 0 Å². The maximum Gasteiger partial charge on any atom is -0.0137 e. The fourth-order valence-corrected chi connectivity index (χ4v) is 6.29. The lowest BCUT2D eigenvalue weighted by Crippen LogP contribution is -2.70. The Morgan fingerprint density at radius 3 is 2.93 bits per heavy atom. The second-order valence-corrected chi connectivity index (χ2v) is 6.79. The summed E-state index contributed by atoms with van der Waals surface area (Å²) >= 11 is 0. The largest absolute Gasteiger partial charge is 0.0816 e. The van der Waals surface area contributed by atoms with Crippen molar-refractivity contribution in [2.45, 2.75) is 40.0 Å². The van der Waals surface area contributed by atoms with Crippen LogP contribution in [0.1, 0.15) is 40.0 Å². The van der Waals surface area contributed by atoms with Gasteiger partial charge < -0.3 is 0 Å². The number of hydrogen-bond acceptors (Lipinski definition) is 0. The molecule has 0 aromatic rings. The Hall–Kier alpha value is -0.260. The Bertz CT molecular complexity index is 353. The molecule has 0 radical (unpaired) electrons. The maximum absolute atomic E-state index is 2.64. The van der Waals surface area contributed by atoms with E-state index in [-0.39, 0.29) is 0 Å². The molecule has 0 aromatic carbocycles. The average molecular weight is 202 g/mol. The summed E-state index contributed by atoms with van der Waals surface area (Å²) in [7, 11) is 0. The molecule has 0 saturated heterocycles. The minimum absolute atomic E-state index is 0.838. The van der Waals surface area contributed by atoms with Crippen molar-refractivity contribution in [3.8, 4) is 0 Å². The standard InChI is InChI=1S/C15H22/c1-4-10-9(3)14-11-7-15(14)12(10)5-8(2)6-13(11)15/h6,9-14H,4-5,7H2,1-3H3. The van der Waals surface area contributed by atoms with Gasteiger partial charge in [0.15, 0.2) is 0 Å². The van der Waals surface area contributed by atoms with Gasteiger partial charge in [-0.25, -0.2) is 0 Å². The van der Waals surface area contributed by atoms with Gasteiger partial charge in [-0.15, -0.1) is 0 Å². The zero-order chi connectivity index (χ0) is 10.4. The third-order valence-corrected chi connectivity index (χ3v) is 6.68. The van der Waals surface area contributed by atoms with Crippen LogP contribution in [0.4, 0.5) is 0 Å². The summed E-state index contributed by atoms with van der Waals surface area (Å²) in [6.45, 7) is 7.34. The van der Waals surface area contributed by atoms with Gasteiger partial charge in [0.1, 0.15) is 0 Å². The van der Waals surface area contributed by atoms with Crippen molar-refractivity contribution in [3.63, 3.8) is 0 Å². The molecule has 0 amide bonds. The highest BCUT2D eigenvalue weighted by Gasteiger charge is 2.80. The van der Waals surface area contributed by atoms with Gasteiger partial charge in [0.05, 0.1) is 0 Å². The van der Waals surface area contributed by atoms with Crippen LogP contribution in [0.15, 0.2) is 11.6 Å². The molecule has 5 rings (SSSR count). The van der Waals surface area contributed by atoms with E-state index in [1.165, 1.54) is 12.8 Å². The highest BCUT2D eigenvalue weighted by molar-refractivity contribution is 5.35. The Labute approximate surface area is 93.1 Å². The molecule has 0 aromatic heterocycles. The first kappa shape index (κ1) is 8.84. The summed E-state index contributed by atoms with van der Waals surface area (Å²) in [5.41, 5.74) is 2.54. The summed E-state index contributed by atoms with van der Waals surface area (Å²) in [5.74, 6) is 6.43. The third kappa shape index (κ3) is 0.681. The lowest BCUT2D eigenvalue weighted by Gasteiger charge is -2.75. The van der Waals surface area contributed by atoms with Gasteiger partial charge in [-0.05, 0) is 60.7 Å². The molecule has 82 valence electrons. The lowest BCUT2D eigenvalue weighted by molar-refractivity contribution is -0.256. The molecule has 0 aliphatic heterocycles. The van der Waals surface area contributed by atoms with Gasteiger partial charge in [0.2, 0.25) is 0 Å². The molecule has 5 aliphatic carbocycles. The molecule has 4 fully saturated rings. The summed E-state index contributed by atoms with van der Waals surface area (Å²) in [5, 5.41) is 0. The van der Waals surface area contributed by atoms with Crippen molar-refractivity contribution in [2.24, 2.45) is 40.9 Å². The van der Waals surface area contributed by atoms with Crippen LogP contribution < -0.4 is 0 Å². The molecule has 7 atom stereocenters. The van der Waals surface area contributed by atoms with Gasteiger partial charge in [-0.3, -0.25) is 0 Å². The van der Waals surface area contributed by atoms with Crippen LogP contribution >= 0.6 is 0 Å². The van der Waals surface area contributed by atoms with Crippen molar-refractivity contribution in [1.29, 1.82) is 0 Å². The quantitative estimate of drug-likeness (QED) is 0.566. The van der Waals surface area contributed by atoms with Crippen molar-refractivity contribution in [1.82, 2.24) is 0 Å². The van der Waals surface area contributed by atoms with Gasteiger partial charge in [-0.1, -0.05) is 31.9 Å². The predicted molar refractivity (Wildman–Crippen MR) is 62.3 cm³/mol. The number of hydrogen-bond donors (Lipinski definition) is 0. The van der Waals surface area contributed by atoms with Crippen LogP contribution in [0.3, 0.4) is 0 Å². The van der Waals surface area contributed by atoms with Crippen LogP contribution in [-0.2, 0) is 0 Å². The van der Waals surface area contributed by atoms with Crippen LogP contribution in [0, 0.1) is 40.9 Å². The molecule has 0 nitrogen and oxygen atoms in total. The molecule has 4 saturated carbocycles. The van der Waals surface area contributed by atoms with Crippen molar-refractivity contribution < 1.29 is 0 Å². The minimum atomic E-state index is 0.838. The third-order valence-electron chi connectivity index (χ3n) is 6.68. The second-order valence-electron chi connectivity index (χ2n) is 6.79. The molecular formula is C15H22. The average Bonchev–Trinajstić information content (AvgIpc) is 2.28. The van der Waals surface area contributed by atoms with Crippen molar-refractivity contribution in [2.75, 3.05) is 0 Å². The zero-order valence-electron chi connectivity index (χ0n) is 10.2. The fourth-order valence-electron chi connectivity index (χ4n) is 6.29. The number of allylic oxidation sites excluding steroid dienone is 2. The molecule has 0 N–H and O–H groups in total. The maximum atomic E-state index is 2.64.